The van der Waals surface area contributed by atoms with Crippen LogP contribution < -0.4 is 4.74 Å². The van der Waals surface area contributed by atoms with Gasteiger partial charge in [-0.05, 0) is 42.0 Å². The molecule has 0 aliphatic heterocycles. The fourth-order valence-corrected chi connectivity index (χ4v) is 3.75. The third kappa shape index (κ3) is 4.54. The molecule has 7 nitrogen and oxygen atoms in total. The monoisotopic (exact) mass is 398 g/mol. The largest absolute Gasteiger partial charge is 0.457 e. The molecule has 0 heterocycles. The maximum Gasteiger partial charge on any atom is 0.269 e. The SMILES string of the molecule is CN(Cc1cccc(Oc2ccccc2)c1)S(=O)(=O)c1ccc([N+](=O)[O-])cc1. The smallest absolute Gasteiger partial charge is 0.269 e. The van der Waals surface area contributed by atoms with Gasteiger partial charge in [0.05, 0.1) is 9.82 Å². The maximum absolute atomic E-state index is 12.7. The third-order valence-corrected chi connectivity index (χ3v) is 5.86. The Balaban J connectivity index is 1.75. The number of benzene rings is 3. The van der Waals surface area contributed by atoms with E-state index in [0.717, 1.165) is 5.56 Å². The molecule has 8 heteroatoms. The first kappa shape index (κ1) is 19.5. The Labute approximate surface area is 163 Å². The Morgan fingerprint density at radius 3 is 2.21 bits per heavy atom. The predicted octanol–water partition coefficient (Wildman–Crippen LogP) is 4.21. The predicted molar refractivity (Wildman–Crippen MR) is 105 cm³/mol. The molecule has 0 fully saturated rings. The molecular weight excluding hydrogens is 380 g/mol. The van der Waals surface area contributed by atoms with E-state index in [1.807, 2.05) is 30.3 Å². The van der Waals surface area contributed by atoms with E-state index in [-0.39, 0.29) is 17.1 Å². The minimum absolute atomic E-state index is 0.00251. The lowest BCUT2D eigenvalue weighted by molar-refractivity contribution is -0.384. The number of hydrogen-bond acceptors (Lipinski definition) is 5. The zero-order valence-electron chi connectivity index (χ0n) is 15.1. The van der Waals surface area contributed by atoms with Crippen molar-refractivity contribution < 1.29 is 18.1 Å². The van der Waals surface area contributed by atoms with Gasteiger partial charge < -0.3 is 4.74 Å². The first-order valence-corrected chi connectivity index (χ1v) is 9.83. The quantitative estimate of drug-likeness (QED) is 0.439. The summed E-state index contributed by atoms with van der Waals surface area (Å²) in [4.78, 5) is 10.2. The van der Waals surface area contributed by atoms with Crippen LogP contribution >= 0.6 is 0 Å². The zero-order chi connectivity index (χ0) is 20.1. The lowest BCUT2D eigenvalue weighted by atomic mass is 10.2. The summed E-state index contributed by atoms with van der Waals surface area (Å²) in [5.74, 6) is 1.29. The van der Waals surface area contributed by atoms with Crippen LogP contribution in [-0.2, 0) is 16.6 Å². The average Bonchev–Trinajstić information content (AvgIpc) is 2.69. The summed E-state index contributed by atoms with van der Waals surface area (Å²) in [7, 11) is -2.32. The number of nitro groups is 1. The summed E-state index contributed by atoms with van der Waals surface area (Å²) in [6, 6.07) is 21.3. The van der Waals surface area contributed by atoms with Gasteiger partial charge in [-0.3, -0.25) is 10.1 Å². The highest BCUT2D eigenvalue weighted by Crippen LogP contribution is 2.24. The minimum Gasteiger partial charge on any atom is -0.457 e. The summed E-state index contributed by atoms with van der Waals surface area (Å²) >= 11 is 0. The van der Waals surface area contributed by atoms with Crippen LogP contribution in [0.1, 0.15) is 5.56 Å². The Morgan fingerprint density at radius 1 is 0.929 bits per heavy atom. The van der Waals surface area contributed by atoms with Gasteiger partial charge in [0.15, 0.2) is 0 Å². The highest BCUT2D eigenvalue weighted by atomic mass is 32.2. The van der Waals surface area contributed by atoms with Gasteiger partial charge in [-0.2, -0.15) is 4.31 Å². The normalized spacial score (nSPS) is 11.4. The molecule has 3 rings (SSSR count). The van der Waals surface area contributed by atoms with E-state index >= 15 is 0 Å². The van der Waals surface area contributed by atoms with Crippen LogP contribution in [0.25, 0.3) is 0 Å². The van der Waals surface area contributed by atoms with E-state index in [1.165, 1.54) is 35.6 Å². The number of non-ortho nitro benzene ring substituents is 1. The van der Waals surface area contributed by atoms with Crippen LogP contribution in [-0.4, -0.2) is 24.7 Å². The highest BCUT2D eigenvalue weighted by molar-refractivity contribution is 7.89. The van der Waals surface area contributed by atoms with Crippen molar-refractivity contribution in [2.45, 2.75) is 11.4 Å². The molecule has 0 N–H and O–H groups in total. The van der Waals surface area contributed by atoms with Gasteiger partial charge in [-0.25, -0.2) is 8.42 Å². The molecule has 28 heavy (non-hydrogen) atoms. The lowest BCUT2D eigenvalue weighted by Gasteiger charge is -2.17. The van der Waals surface area contributed by atoms with Crippen molar-refractivity contribution in [2.75, 3.05) is 7.05 Å². The van der Waals surface area contributed by atoms with Crippen molar-refractivity contribution in [3.63, 3.8) is 0 Å². The fourth-order valence-electron chi connectivity index (χ4n) is 2.59. The van der Waals surface area contributed by atoms with Crippen LogP contribution in [0.4, 0.5) is 5.69 Å². The number of nitrogens with zero attached hydrogens (tertiary/aromatic N) is 2. The van der Waals surface area contributed by atoms with Gasteiger partial charge in [0.1, 0.15) is 11.5 Å². The van der Waals surface area contributed by atoms with Gasteiger partial charge in [0.25, 0.3) is 5.69 Å². The summed E-state index contributed by atoms with van der Waals surface area (Å²) in [5.41, 5.74) is 0.591. The van der Waals surface area contributed by atoms with E-state index < -0.39 is 14.9 Å². The third-order valence-electron chi connectivity index (χ3n) is 4.04. The number of ether oxygens (including phenoxy) is 1. The molecule has 0 aliphatic carbocycles. The summed E-state index contributed by atoms with van der Waals surface area (Å²) < 4.78 is 32.4. The number of rotatable bonds is 7. The van der Waals surface area contributed by atoms with E-state index in [9.17, 15) is 18.5 Å². The summed E-state index contributed by atoms with van der Waals surface area (Å²) in [5, 5.41) is 10.7. The van der Waals surface area contributed by atoms with Gasteiger partial charge in [-0.15, -0.1) is 0 Å². The molecule has 0 saturated heterocycles. The number of sulfonamides is 1. The molecule has 0 saturated carbocycles. The molecule has 0 unspecified atom stereocenters. The topological polar surface area (TPSA) is 89.8 Å². The van der Waals surface area contributed by atoms with Gasteiger partial charge in [0, 0.05) is 25.7 Å². The Bertz CT molecular complexity index is 1070. The van der Waals surface area contributed by atoms with Crippen molar-refractivity contribution in [3.05, 3.63) is 94.5 Å². The molecule has 0 spiro atoms. The Hall–Kier alpha value is -3.23. The van der Waals surface area contributed by atoms with E-state index in [1.54, 1.807) is 24.3 Å². The molecule has 3 aromatic rings. The zero-order valence-corrected chi connectivity index (χ0v) is 15.9. The van der Waals surface area contributed by atoms with Gasteiger partial charge in [-0.1, -0.05) is 30.3 Å². The molecule has 0 atom stereocenters. The Morgan fingerprint density at radius 2 is 1.57 bits per heavy atom. The lowest BCUT2D eigenvalue weighted by Crippen LogP contribution is -2.26. The first-order valence-electron chi connectivity index (χ1n) is 8.39. The molecule has 0 aliphatic rings. The Kier molecular flexibility index (Phi) is 5.72. The molecule has 0 bridgehead atoms. The van der Waals surface area contributed by atoms with Crippen molar-refractivity contribution in [1.29, 1.82) is 0 Å². The van der Waals surface area contributed by atoms with Crippen LogP contribution in [0.15, 0.2) is 83.8 Å². The van der Waals surface area contributed by atoms with Crippen LogP contribution in [0.5, 0.6) is 11.5 Å². The van der Waals surface area contributed by atoms with Crippen molar-refractivity contribution in [3.8, 4) is 11.5 Å². The van der Waals surface area contributed by atoms with E-state index in [4.69, 9.17) is 4.74 Å². The molecular formula is C20H18N2O5S. The van der Waals surface area contributed by atoms with E-state index in [0.29, 0.717) is 11.5 Å². The number of nitro benzene ring substituents is 1. The van der Waals surface area contributed by atoms with Crippen LogP contribution in [0.3, 0.4) is 0 Å². The molecule has 3 aromatic carbocycles. The second kappa shape index (κ2) is 8.20. The summed E-state index contributed by atoms with van der Waals surface area (Å²) in [6.45, 7) is 0.130. The molecule has 0 aromatic heterocycles. The average molecular weight is 398 g/mol. The van der Waals surface area contributed by atoms with Crippen molar-refractivity contribution in [1.82, 2.24) is 4.31 Å². The van der Waals surface area contributed by atoms with Gasteiger partial charge in [0.2, 0.25) is 10.0 Å². The molecule has 144 valence electrons. The first-order chi connectivity index (χ1) is 13.4. The van der Waals surface area contributed by atoms with Gasteiger partial charge >= 0.3 is 0 Å². The molecule has 0 radical (unpaired) electrons. The van der Waals surface area contributed by atoms with Crippen LogP contribution in [0.2, 0.25) is 0 Å². The number of para-hydroxylation sites is 1. The fraction of sp³-hybridized carbons (Fsp3) is 0.100. The number of hydrogen-bond donors (Lipinski definition) is 0. The maximum atomic E-state index is 12.7. The van der Waals surface area contributed by atoms with Crippen LogP contribution in [0, 0.1) is 10.1 Å². The minimum atomic E-state index is -3.78. The second-order valence-corrected chi connectivity index (χ2v) is 8.12. The molecule has 0 amide bonds. The highest BCUT2D eigenvalue weighted by Gasteiger charge is 2.22. The standard InChI is InChI=1S/C20H18N2O5S/c1-21(28(25,26)20-12-10-17(11-13-20)22(23)24)15-16-6-5-9-19(14-16)27-18-7-3-2-4-8-18/h2-14H,15H2,1H3. The second-order valence-electron chi connectivity index (χ2n) is 6.07. The van der Waals surface area contributed by atoms with E-state index in [2.05, 4.69) is 0 Å². The summed E-state index contributed by atoms with van der Waals surface area (Å²) in [6.07, 6.45) is 0. The van der Waals surface area contributed by atoms with Crippen molar-refractivity contribution >= 4 is 15.7 Å². The van der Waals surface area contributed by atoms with Crippen molar-refractivity contribution in [2.24, 2.45) is 0 Å².